The highest BCUT2D eigenvalue weighted by atomic mass is 19.4. The Morgan fingerprint density at radius 2 is 0.847 bits per heavy atom. The molecule has 0 fully saturated rings. The van der Waals surface area contributed by atoms with Crippen LogP contribution >= 0.6 is 0 Å². The van der Waals surface area contributed by atoms with Gasteiger partial charge in [0.2, 0.25) is 11.2 Å². The van der Waals surface area contributed by atoms with Crippen LogP contribution < -0.4 is 0 Å². The van der Waals surface area contributed by atoms with Gasteiger partial charge in [-0.25, -0.2) is 0 Å². The van der Waals surface area contributed by atoms with Gasteiger partial charge in [-0.3, -0.25) is 9.36 Å². The molecule has 0 spiro atoms. The van der Waals surface area contributed by atoms with Gasteiger partial charge in [0.1, 0.15) is 11.1 Å². The topological polar surface area (TPSA) is 177 Å². The van der Waals surface area contributed by atoms with Crippen molar-refractivity contribution in [3.63, 3.8) is 0 Å². The van der Waals surface area contributed by atoms with Crippen LogP contribution in [0.3, 0.4) is 0 Å². The van der Waals surface area contributed by atoms with Crippen LogP contribution in [0.15, 0.2) is 110 Å². The Kier molecular flexibility index (Phi) is 10.4. The van der Waals surface area contributed by atoms with E-state index < -0.39 is 54.5 Å². The molecule has 310 valence electrons. The van der Waals surface area contributed by atoms with Gasteiger partial charge in [0.05, 0.1) is 45.4 Å². The van der Waals surface area contributed by atoms with E-state index in [2.05, 4.69) is 10.2 Å². The molecule has 59 heavy (non-hydrogen) atoms. The zero-order valence-corrected chi connectivity index (χ0v) is 31.1. The molecule has 17 heteroatoms. The van der Waals surface area contributed by atoms with Gasteiger partial charge in [-0.05, 0) is 40.3 Å². The summed E-state index contributed by atoms with van der Waals surface area (Å²) in [6.07, 6.45) is -3.99. The molecule has 0 saturated heterocycles. The van der Waals surface area contributed by atoms with Crippen molar-refractivity contribution in [2.45, 2.75) is 41.6 Å². The summed E-state index contributed by atoms with van der Waals surface area (Å²) >= 11 is 0. The zero-order valence-electron chi connectivity index (χ0n) is 31.1. The summed E-state index contributed by atoms with van der Waals surface area (Å²) < 4.78 is 86.4. The fourth-order valence-corrected chi connectivity index (χ4v) is 7.74. The number of rotatable bonds is 9. The number of fused-ring (bicyclic) bond motifs is 6. The Hall–Kier alpha value is -5.40. The molecule has 8 rings (SSSR count). The summed E-state index contributed by atoms with van der Waals surface area (Å²) in [5.41, 5.74) is -6.85. The molecule has 6 aromatic rings. The predicted octanol–water partition coefficient (Wildman–Crippen LogP) is 5.03. The standard InChI is InChI=1S/C21H19F3N2O4.C21H19F3N2O3/c22-21(23,24)20(30)16-6-2-1-4-15(16)18-14(5-3-7-17(18)20)13-8-25-26(9-13)19(10-27,11-28)12-29;1-19(11-27,12-28)26-10-13(9-25-26)14-6-4-8-17-18(14)15-5-2-3-7-16(15)20(17,29)21(22,23)24/h1-9,27-30H,10-12H2;2-10,27-29H,11-12H2,1H3. The van der Waals surface area contributed by atoms with Crippen molar-refractivity contribution < 1.29 is 62.1 Å². The van der Waals surface area contributed by atoms with Crippen LogP contribution in [0.4, 0.5) is 26.3 Å². The van der Waals surface area contributed by atoms with E-state index in [1.54, 1.807) is 43.5 Å². The maximum atomic E-state index is 14.0. The fourth-order valence-electron chi connectivity index (χ4n) is 7.74. The van der Waals surface area contributed by atoms with E-state index >= 15 is 0 Å². The molecule has 0 bridgehead atoms. The lowest BCUT2D eigenvalue weighted by atomic mass is 9.89. The summed E-state index contributed by atoms with van der Waals surface area (Å²) in [5, 5.41) is 77.9. The summed E-state index contributed by atoms with van der Waals surface area (Å²) in [7, 11) is 0. The lowest BCUT2D eigenvalue weighted by Crippen LogP contribution is -2.45. The normalized spacial score (nSPS) is 18.5. The molecular formula is C42H38F6N4O7. The van der Waals surface area contributed by atoms with Crippen molar-refractivity contribution in [3.05, 3.63) is 132 Å². The van der Waals surface area contributed by atoms with E-state index in [1.165, 1.54) is 82.6 Å². The van der Waals surface area contributed by atoms with E-state index in [0.29, 0.717) is 27.8 Å². The minimum Gasteiger partial charge on any atom is -0.394 e. The van der Waals surface area contributed by atoms with Crippen molar-refractivity contribution >= 4 is 0 Å². The zero-order chi connectivity index (χ0) is 42.8. The van der Waals surface area contributed by atoms with Crippen molar-refractivity contribution in [3.8, 4) is 44.5 Å². The third-order valence-corrected chi connectivity index (χ3v) is 11.3. The van der Waals surface area contributed by atoms with E-state index in [0.717, 1.165) is 0 Å². The molecule has 7 N–H and O–H groups in total. The fraction of sp³-hybridized carbons (Fsp3) is 0.286. The van der Waals surface area contributed by atoms with Crippen molar-refractivity contribution in [1.82, 2.24) is 19.6 Å². The maximum Gasteiger partial charge on any atom is 0.425 e. The Bertz CT molecular complexity index is 2500. The number of hydrogen-bond donors (Lipinski definition) is 7. The van der Waals surface area contributed by atoms with Crippen LogP contribution in [0.5, 0.6) is 0 Å². The van der Waals surface area contributed by atoms with Crippen LogP contribution in [-0.4, -0.2) is 101 Å². The summed E-state index contributed by atoms with van der Waals surface area (Å²) in [6.45, 7) is -0.903. The second kappa shape index (κ2) is 14.7. The quantitative estimate of drug-likeness (QED) is 0.0987. The number of aliphatic hydroxyl groups is 7. The van der Waals surface area contributed by atoms with Gasteiger partial charge in [0, 0.05) is 45.8 Å². The van der Waals surface area contributed by atoms with Crippen LogP contribution in [0.1, 0.15) is 29.2 Å². The number of alkyl halides is 6. The molecule has 4 aromatic carbocycles. The van der Waals surface area contributed by atoms with Gasteiger partial charge in [-0.2, -0.15) is 36.5 Å². The van der Waals surface area contributed by atoms with E-state index in [4.69, 9.17) is 0 Å². The van der Waals surface area contributed by atoms with Crippen LogP contribution in [0.25, 0.3) is 44.5 Å². The molecule has 0 amide bonds. The minimum absolute atomic E-state index is 0.210. The molecule has 2 unspecified atom stereocenters. The Morgan fingerprint density at radius 3 is 1.24 bits per heavy atom. The largest absolute Gasteiger partial charge is 0.425 e. The summed E-state index contributed by atoms with van der Waals surface area (Å²) in [5.74, 6) is 0. The highest BCUT2D eigenvalue weighted by Crippen LogP contribution is 2.58. The second-order valence-corrected chi connectivity index (χ2v) is 14.8. The molecule has 11 nitrogen and oxygen atoms in total. The monoisotopic (exact) mass is 824 g/mol. The molecule has 2 aromatic heterocycles. The van der Waals surface area contributed by atoms with Crippen LogP contribution in [-0.2, 0) is 22.3 Å². The molecular weight excluding hydrogens is 786 g/mol. The van der Waals surface area contributed by atoms with E-state index in [9.17, 15) is 62.1 Å². The highest BCUT2D eigenvalue weighted by molar-refractivity contribution is 5.93. The first-order valence-electron chi connectivity index (χ1n) is 18.1. The molecule has 2 aliphatic rings. The average molecular weight is 825 g/mol. The van der Waals surface area contributed by atoms with Gasteiger partial charge in [0.25, 0.3) is 0 Å². The molecule has 2 heterocycles. The Labute approximate surface area is 332 Å². The average Bonchev–Trinajstić information content (AvgIpc) is 4.04. The molecule has 0 aliphatic heterocycles. The van der Waals surface area contributed by atoms with Gasteiger partial charge >= 0.3 is 12.4 Å². The third-order valence-electron chi connectivity index (χ3n) is 11.3. The summed E-state index contributed by atoms with van der Waals surface area (Å²) in [4.78, 5) is 0. The molecule has 0 radical (unpaired) electrons. The third kappa shape index (κ3) is 6.18. The van der Waals surface area contributed by atoms with Crippen molar-refractivity contribution in [2.24, 2.45) is 0 Å². The first-order valence-corrected chi connectivity index (χ1v) is 18.1. The first-order chi connectivity index (χ1) is 27.9. The molecule has 2 aliphatic carbocycles. The van der Waals surface area contributed by atoms with E-state index in [1.807, 2.05) is 0 Å². The van der Waals surface area contributed by atoms with Crippen LogP contribution in [0, 0.1) is 0 Å². The number of benzene rings is 4. The smallest absolute Gasteiger partial charge is 0.394 e. The number of aromatic nitrogens is 4. The lowest BCUT2D eigenvalue weighted by molar-refractivity contribution is -0.247. The van der Waals surface area contributed by atoms with Crippen molar-refractivity contribution in [2.75, 3.05) is 33.0 Å². The van der Waals surface area contributed by atoms with Crippen LogP contribution in [0.2, 0.25) is 0 Å². The number of halogens is 6. The minimum atomic E-state index is -4.93. The number of aliphatic hydroxyl groups excluding tert-OH is 5. The Balaban J connectivity index is 0.000000179. The first kappa shape index (κ1) is 41.7. The Morgan fingerprint density at radius 1 is 0.492 bits per heavy atom. The second-order valence-electron chi connectivity index (χ2n) is 14.8. The number of nitrogens with zero attached hydrogens (tertiary/aromatic N) is 4. The summed E-state index contributed by atoms with van der Waals surface area (Å²) in [6, 6.07) is 20.4. The van der Waals surface area contributed by atoms with Gasteiger partial charge in [0.15, 0.2) is 0 Å². The highest BCUT2D eigenvalue weighted by Gasteiger charge is 2.62. The number of hydrogen-bond acceptors (Lipinski definition) is 9. The molecule has 2 atom stereocenters. The van der Waals surface area contributed by atoms with Gasteiger partial charge in [-0.1, -0.05) is 84.9 Å². The van der Waals surface area contributed by atoms with E-state index in [-0.39, 0.29) is 52.2 Å². The molecule has 0 saturated carbocycles. The lowest BCUT2D eigenvalue weighted by Gasteiger charge is -2.28. The predicted molar refractivity (Wildman–Crippen MR) is 201 cm³/mol. The van der Waals surface area contributed by atoms with Crippen molar-refractivity contribution in [1.29, 1.82) is 0 Å². The van der Waals surface area contributed by atoms with Gasteiger partial charge < -0.3 is 35.7 Å². The maximum absolute atomic E-state index is 14.0. The SMILES string of the molecule is CC(CO)(CO)n1cc(-c2cccc3c2-c2ccccc2C3(O)C(F)(F)F)cn1.OCC(CO)(CO)n1cc(-c2cccc3c2-c2ccccc2C3(O)C(F)(F)F)cn1. The van der Waals surface area contributed by atoms with Gasteiger partial charge in [-0.15, -0.1) is 0 Å².